The first-order valence-electron chi connectivity index (χ1n) is 6.58. The van der Waals surface area contributed by atoms with Gasteiger partial charge in [-0.15, -0.1) is 0 Å². The Morgan fingerprint density at radius 2 is 2.40 bits per heavy atom. The van der Waals surface area contributed by atoms with Crippen LogP contribution in [0.15, 0.2) is 23.4 Å². The van der Waals surface area contributed by atoms with Gasteiger partial charge in [0.2, 0.25) is 0 Å². The number of nitrogens with zero attached hydrogens (tertiary/aromatic N) is 2. The smallest absolute Gasteiger partial charge is 0.170 e. The summed E-state index contributed by atoms with van der Waals surface area (Å²) in [5.74, 6) is 3.36. The lowest BCUT2D eigenvalue weighted by molar-refractivity contribution is 0.250. The number of oxime groups is 1. The molecule has 1 fully saturated rings. The standard InChI is InChI=1S/C14H21N3O2S/c1-17(12-5-6-20-9-12)8-11-7-10(14(15)16-18)3-4-13(11)19-2/h3-4,7,12,18H,5-6,8-9H2,1-2H3,(H2,15,16). The zero-order valence-electron chi connectivity index (χ0n) is 11.9. The maximum Gasteiger partial charge on any atom is 0.170 e. The summed E-state index contributed by atoms with van der Waals surface area (Å²) in [7, 11) is 3.79. The second kappa shape index (κ2) is 6.85. The number of hydrogen-bond donors (Lipinski definition) is 2. The zero-order valence-corrected chi connectivity index (χ0v) is 12.7. The van der Waals surface area contributed by atoms with Gasteiger partial charge in [0.25, 0.3) is 0 Å². The highest BCUT2D eigenvalue weighted by atomic mass is 32.2. The molecule has 0 aromatic heterocycles. The van der Waals surface area contributed by atoms with Crippen LogP contribution >= 0.6 is 11.8 Å². The summed E-state index contributed by atoms with van der Waals surface area (Å²) in [6.45, 7) is 0.793. The van der Waals surface area contributed by atoms with Gasteiger partial charge >= 0.3 is 0 Å². The van der Waals surface area contributed by atoms with Crippen molar-refractivity contribution in [2.75, 3.05) is 25.7 Å². The van der Waals surface area contributed by atoms with E-state index in [1.807, 2.05) is 23.9 Å². The molecule has 0 saturated carbocycles. The third kappa shape index (κ3) is 3.37. The van der Waals surface area contributed by atoms with Gasteiger partial charge in [0.15, 0.2) is 5.84 Å². The van der Waals surface area contributed by atoms with Gasteiger partial charge in [0.05, 0.1) is 7.11 Å². The number of methoxy groups -OCH3 is 1. The van der Waals surface area contributed by atoms with E-state index in [0.29, 0.717) is 11.6 Å². The number of ether oxygens (including phenoxy) is 1. The van der Waals surface area contributed by atoms with Crippen LogP contribution in [0.2, 0.25) is 0 Å². The molecule has 1 aromatic carbocycles. The molecule has 1 saturated heterocycles. The predicted octanol–water partition coefficient (Wildman–Crippen LogP) is 1.73. The fraction of sp³-hybridized carbons (Fsp3) is 0.500. The average molecular weight is 295 g/mol. The van der Waals surface area contributed by atoms with Crippen LogP contribution < -0.4 is 10.5 Å². The highest BCUT2D eigenvalue weighted by molar-refractivity contribution is 7.99. The van der Waals surface area contributed by atoms with Crippen LogP contribution in [0.5, 0.6) is 5.75 Å². The van der Waals surface area contributed by atoms with E-state index in [1.54, 1.807) is 13.2 Å². The Labute approximate surface area is 123 Å². The van der Waals surface area contributed by atoms with Crippen LogP contribution in [0.25, 0.3) is 0 Å². The first kappa shape index (κ1) is 15.0. The summed E-state index contributed by atoms with van der Waals surface area (Å²) in [5.41, 5.74) is 7.41. The molecule has 1 aliphatic heterocycles. The second-order valence-electron chi connectivity index (χ2n) is 4.94. The van der Waals surface area contributed by atoms with Crippen LogP contribution in [0.4, 0.5) is 0 Å². The molecule has 2 rings (SSSR count). The topological polar surface area (TPSA) is 71.1 Å². The van der Waals surface area contributed by atoms with Crippen molar-refractivity contribution in [2.45, 2.75) is 19.0 Å². The Morgan fingerprint density at radius 1 is 1.60 bits per heavy atom. The van der Waals surface area contributed by atoms with Crippen LogP contribution in [0, 0.1) is 0 Å². The molecule has 1 aliphatic rings. The summed E-state index contributed by atoms with van der Waals surface area (Å²) in [4.78, 5) is 2.34. The molecular formula is C14H21N3O2S. The van der Waals surface area contributed by atoms with Crippen molar-refractivity contribution in [2.24, 2.45) is 10.9 Å². The van der Waals surface area contributed by atoms with E-state index >= 15 is 0 Å². The molecule has 0 spiro atoms. The van der Waals surface area contributed by atoms with Gasteiger partial charge in [-0.25, -0.2) is 0 Å². The Kier molecular flexibility index (Phi) is 5.14. The van der Waals surface area contributed by atoms with E-state index in [9.17, 15) is 0 Å². The fourth-order valence-electron chi connectivity index (χ4n) is 2.39. The van der Waals surface area contributed by atoms with Gasteiger partial charge in [-0.3, -0.25) is 4.90 Å². The largest absolute Gasteiger partial charge is 0.496 e. The lowest BCUT2D eigenvalue weighted by atomic mass is 10.1. The third-order valence-corrected chi connectivity index (χ3v) is 4.78. The molecule has 1 aromatic rings. The molecule has 0 amide bonds. The van der Waals surface area contributed by atoms with E-state index in [1.165, 1.54) is 17.9 Å². The van der Waals surface area contributed by atoms with Crippen molar-refractivity contribution in [1.29, 1.82) is 0 Å². The van der Waals surface area contributed by atoms with Crippen molar-refractivity contribution in [3.63, 3.8) is 0 Å². The van der Waals surface area contributed by atoms with Crippen molar-refractivity contribution in [1.82, 2.24) is 4.90 Å². The molecule has 5 nitrogen and oxygen atoms in total. The van der Waals surface area contributed by atoms with Gasteiger partial charge in [-0.2, -0.15) is 11.8 Å². The third-order valence-electron chi connectivity index (χ3n) is 3.63. The van der Waals surface area contributed by atoms with Gasteiger partial charge in [-0.1, -0.05) is 5.16 Å². The quantitative estimate of drug-likeness (QED) is 0.375. The maximum absolute atomic E-state index is 8.78. The van der Waals surface area contributed by atoms with Crippen LogP contribution in [0.3, 0.4) is 0 Å². The molecule has 6 heteroatoms. The van der Waals surface area contributed by atoms with E-state index in [0.717, 1.165) is 17.9 Å². The van der Waals surface area contributed by atoms with Crippen molar-refractivity contribution in [3.8, 4) is 5.75 Å². The van der Waals surface area contributed by atoms with Gasteiger partial charge in [0, 0.05) is 29.5 Å². The summed E-state index contributed by atoms with van der Waals surface area (Å²) in [5, 5.41) is 11.8. The number of nitrogens with two attached hydrogens (primary N) is 1. The molecule has 0 bridgehead atoms. The molecule has 1 unspecified atom stereocenters. The Bertz CT molecular complexity index is 487. The minimum absolute atomic E-state index is 0.118. The van der Waals surface area contributed by atoms with Crippen LogP contribution in [-0.4, -0.2) is 47.6 Å². The SMILES string of the molecule is COc1ccc(/C(N)=N/O)cc1CN(C)C1CCSC1. The maximum atomic E-state index is 8.78. The molecule has 0 radical (unpaired) electrons. The second-order valence-corrected chi connectivity index (χ2v) is 6.09. The Morgan fingerprint density at radius 3 is 3.00 bits per heavy atom. The van der Waals surface area contributed by atoms with Gasteiger partial charge in [-0.05, 0) is 37.4 Å². The number of amidine groups is 1. The van der Waals surface area contributed by atoms with E-state index in [2.05, 4.69) is 17.1 Å². The summed E-state index contributed by atoms with van der Waals surface area (Å²) in [6.07, 6.45) is 1.23. The predicted molar refractivity (Wildman–Crippen MR) is 82.7 cm³/mol. The Balaban J connectivity index is 2.19. The van der Waals surface area contributed by atoms with E-state index < -0.39 is 0 Å². The van der Waals surface area contributed by atoms with Gasteiger partial charge in [0.1, 0.15) is 5.75 Å². The molecule has 1 atom stereocenters. The first-order chi connectivity index (χ1) is 9.65. The number of benzene rings is 1. The highest BCUT2D eigenvalue weighted by Gasteiger charge is 2.21. The van der Waals surface area contributed by atoms with Crippen LogP contribution in [0.1, 0.15) is 17.5 Å². The van der Waals surface area contributed by atoms with E-state index in [-0.39, 0.29) is 5.84 Å². The normalized spacial score (nSPS) is 19.6. The molecule has 20 heavy (non-hydrogen) atoms. The minimum Gasteiger partial charge on any atom is -0.496 e. The summed E-state index contributed by atoms with van der Waals surface area (Å²) >= 11 is 2.00. The fourth-order valence-corrected chi connectivity index (χ4v) is 3.69. The molecule has 1 heterocycles. The first-order valence-corrected chi connectivity index (χ1v) is 7.74. The van der Waals surface area contributed by atoms with Crippen molar-refractivity contribution in [3.05, 3.63) is 29.3 Å². The monoisotopic (exact) mass is 295 g/mol. The lowest BCUT2D eigenvalue weighted by Gasteiger charge is -2.24. The Hall–Kier alpha value is -1.40. The number of rotatable bonds is 5. The number of hydrogen-bond acceptors (Lipinski definition) is 5. The molecule has 0 aliphatic carbocycles. The van der Waals surface area contributed by atoms with Crippen LogP contribution in [-0.2, 0) is 6.54 Å². The van der Waals surface area contributed by atoms with Crippen molar-refractivity contribution >= 4 is 17.6 Å². The number of thioether (sulfide) groups is 1. The molecular weight excluding hydrogens is 274 g/mol. The van der Waals surface area contributed by atoms with Crippen molar-refractivity contribution < 1.29 is 9.94 Å². The minimum atomic E-state index is 0.118. The zero-order chi connectivity index (χ0) is 14.5. The highest BCUT2D eigenvalue weighted by Crippen LogP contribution is 2.26. The van der Waals surface area contributed by atoms with Gasteiger partial charge < -0.3 is 15.7 Å². The summed E-state index contributed by atoms with van der Waals surface area (Å²) in [6, 6.07) is 6.19. The lowest BCUT2D eigenvalue weighted by Crippen LogP contribution is -2.31. The molecule has 110 valence electrons. The van der Waals surface area contributed by atoms with E-state index in [4.69, 9.17) is 15.7 Å². The molecule has 3 N–H and O–H groups in total. The average Bonchev–Trinajstić information content (AvgIpc) is 3.00. The summed E-state index contributed by atoms with van der Waals surface area (Å²) < 4.78 is 5.40.